The average Bonchev–Trinajstić information content (AvgIpc) is 2.71. The van der Waals surface area contributed by atoms with Crippen molar-refractivity contribution in [2.75, 3.05) is 18.4 Å². The molecule has 0 saturated carbocycles. The number of ether oxygens (including phenoxy) is 1. The SMILES string of the molecule is O=C(OC1C2CCN(CC2)C1I)C(Nc1ccc(Cl)cc1)c1ccccc1. The van der Waals surface area contributed by atoms with Crippen LogP contribution in [0.25, 0.3) is 0 Å². The highest BCUT2D eigenvalue weighted by molar-refractivity contribution is 14.1. The number of carbonyl (C=O) groups excluding carboxylic acids is 1. The summed E-state index contributed by atoms with van der Waals surface area (Å²) in [5.41, 5.74) is 1.73. The van der Waals surface area contributed by atoms with E-state index in [4.69, 9.17) is 16.3 Å². The van der Waals surface area contributed by atoms with E-state index in [1.807, 2.05) is 54.6 Å². The number of nitrogens with zero attached hydrogens (tertiary/aromatic N) is 1. The van der Waals surface area contributed by atoms with Crippen molar-refractivity contribution < 1.29 is 9.53 Å². The van der Waals surface area contributed by atoms with Crippen molar-refractivity contribution in [3.63, 3.8) is 0 Å². The molecule has 2 aromatic carbocycles. The summed E-state index contributed by atoms with van der Waals surface area (Å²) < 4.78 is 6.33. The van der Waals surface area contributed by atoms with Crippen LogP contribution >= 0.6 is 34.2 Å². The van der Waals surface area contributed by atoms with E-state index < -0.39 is 6.04 Å². The molecule has 5 rings (SSSR count). The molecule has 0 aromatic heterocycles. The highest BCUT2D eigenvalue weighted by Crippen LogP contribution is 2.38. The molecule has 142 valence electrons. The molecule has 6 heteroatoms. The van der Waals surface area contributed by atoms with Crippen LogP contribution in [0, 0.1) is 5.92 Å². The number of benzene rings is 2. The first-order valence-corrected chi connectivity index (χ1v) is 10.9. The van der Waals surface area contributed by atoms with Crippen molar-refractivity contribution in [1.82, 2.24) is 4.90 Å². The molecule has 0 radical (unpaired) electrons. The van der Waals surface area contributed by atoms with Gasteiger partial charge in [-0.2, -0.15) is 0 Å². The second kappa shape index (κ2) is 8.37. The molecule has 3 saturated heterocycles. The normalized spacial score (nSPS) is 27.8. The largest absolute Gasteiger partial charge is 0.458 e. The van der Waals surface area contributed by atoms with Crippen LogP contribution in [0.15, 0.2) is 54.6 Å². The number of anilines is 1. The molecule has 3 aliphatic rings. The van der Waals surface area contributed by atoms with E-state index in [1.54, 1.807) is 0 Å². The molecule has 3 aliphatic heterocycles. The summed E-state index contributed by atoms with van der Waals surface area (Å²) in [7, 11) is 0. The van der Waals surface area contributed by atoms with Crippen molar-refractivity contribution in [1.29, 1.82) is 0 Å². The van der Waals surface area contributed by atoms with Gasteiger partial charge >= 0.3 is 5.97 Å². The van der Waals surface area contributed by atoms with Crippen LogP contribution in [0.5, 0.6) is 0 Å². The third kappa shape index (κ3) is 4.25. The van der Waals surface area contributed by atoms with E-state index in [0.29, 0.717) is 10.9 Å². The number of carbonyl (C=O) groups is 1. The van der Waals surface area contributed by atoms with Crippen molar-refractivity contribution in [2.45, 2.75) is 29.0 Å². The molecular formula is C21H22ClIN2O2. The lowest BCUT2D eigenvalue weighted by Crippen LogP contribution is -2.56. The van der Waals surface area contributed by atoms with E-state index in [2.05, 4.69) is 32.8 Å². The Labute approximate surface area is 178 Å². The van der Waals surface area contributed by atoms with Crippen molar-refractivity contribution >= 4 is 45.8 Å². The molecular weight excluding hydrogens is 475 g/mol. The Balaban J connectivity index is 1.54. The van der Waals surface area contributed by atoms with E-state index in [-0.39, 0.29) is 16.1 Å². The minimum absolute atomic E-state index is 0.0427. The number of fused-ring (bicyclic) bond motifs is 3. The minimum Gasteiger partial charge on any atom is -0.458 e. The van der Waals surface area contributed by atoms with Gasteiger partial charge in [-0.05, 0) is 55.8 Å². The van der Waals surface area contributed by atoms with Crippen LogP contribution in [0.2, 0.25) is 5.02 Å². The third-order valence-electron chi connectivity index (χ3n) is 5.43. The van der Waals surface area contributed by atoms with E-state index in [9.17, 15) is 4.79 Å². The Hall–Kier alpha value is -1.31. The van der Waals surface area contributed by atoms with Crippen LogP contribution in [-0.2, 0) is 9.53 Å². The molecule has 0 aliphatic carbocycles. The molecule has 4 nitrogen and oxygen atoms in total. The number of halogens is 2. The zero-order valence-corrected chi connectivity index (χ0v) is 17.8. The van der Waals surface area contributed by atoms with Crippen molar-refractivity contribution in [3.8, 4) is 0 Å². The molecule has 3 fully saturated rings. The van der Waals surface area contributed by atoms with Gasteiger partial charge in [0.05, 0.1) is 4.05 Å². The van der Waals surface area contributed by atoms with Gasteiger partial charge in [0.25, 0.3) is 0 Å². The Morgan fingerprint density at radius 2 is 1.78 bits per heavy atom. The molecule has 3 heterocycles. The maximum Gasteiger partial charge on any atom is 0.333 e. The standard InChI is InChI=1S/C21H22ClIN2O2/c22-16-6-8-17(9-7-16)24-18(14-4-2-1-3-5-14)21(26)27-19-15-10-12-25(13-11-15)20(19)23/h1-9,15,18-20,24H,10-13H2. The Kier molecular flexibility index (Phi) is 5.90. The number of piperidine rings is 3. The lowest BCUT2D eigenvalue weighted by atomic mass is 9.86. The summed E-state index contributed by atoms with van der Waals surface area (Å²) in [6.45, 7) is 2.22. The summed E-state index contributed by atoms with van der Waals surface area (Å²) in [4.78, 5) is 15.6. The second-order valence-corrected chi connectivity index (χ2v) is 8.86. The Bertz CT molecular complexity index is 777. The van der Waals surface area contributed by atoms with Gasteiger partial charge in [-0.15, -0.1) is 0 Å². The number of esters is 1. The molecule has 3 atom stereocenters. The summed E-state index contributed by atoms with van der Waals surface area (Å²) in [6.07, 6.45) is 2.18. The van der Waals surface area contributed by atoms with Gasteiger partial charge in [0, 0.05) is 16.6 Å². The minimum atomic E-state index is -0.550. The number of hydrogen-bond acceptors (Lipinski definition) is 4. The highest BCUT2D eigenvalue weighted by atomic mass is 127. The molecule has 0 spiro atoms. The second-order valence-electron chi connectivity index (χ2n) is 7.14. The highest BCUT2D eigenvalue weighted by Gasteiger charge is 2.44. The quantitative estimate of drug-likeness (QED) is 0.277. The summed E-state index contributed by atoms with van der Waals surface area (Å²) in [5, 5.41) is 3.99. The van der Waals surface area contributed by atoms with Gasteiger partial charge in [0.1, 0.15) is 6.10 Å². The third-order valence-corrected chi connectivity index (χ3v) is 7.18. The van der Waals surface area contributed by atoms with E-state index in [0.717, 1.165) is 37.2 Å². The zero-order valence-electron chi connectivity index (χ0n) is 14.9. The number of rotatable bonds is 5. The van der Waals surface area contributed by atoms with Gasteiger partial charge in [-0.1, -0.05) is 64.5 Å². The lowest BCUT2D eigenvalue weighted by molar-refractivity contribution is -0.161. The van der Waals surface area contributed by atoms with Crippen LogP contribution in [0.1, 0.15) is 24.4 Å². The average molecular weight is 497 g/mol. The monoisotopic (exact) mass is 496 g/mol. The molecule has 2 aromatic rings. The summed E-state index contributed by atoms with van der Waals surface area (Å²) >= 11 is 8.41. The predicted octanol–water partition coefficient (Wildman–Crippen LogP) is 4.89. The Morgan fingerprint density at radius 1 is 1.11 bits per heavy atom. The van der Waals surface area contributed by atoms with E-state index in [1.165, 1.54) is 0 Å². The lowest BCUT2D eigenvalue weighted by Gasteiger charge is -2.48. The maximum absolute atomic E-state index is 13.2. The zero-order chi connectivity index (χ0) is 18.8. The number of alkyl halides is 1. The van der Waals surface area contributed by atoms with Crippen LogP contribution < -0.4 is 5.32 Å². The number of hydrogen-bond donors (Lipinski definition) is 1. The maximum atomic E-state index is 13.2. The molecule has 3 unspecified atom stereocenters. The molecule has 1 N–H and O–H groups in total. The topological polar surface area (TPSA) is 41.6 Å². The first kappa shape index (κ1) is 19.0. The van der Waals surface area contributed by atoms with Gasteiger partial charge in [-0.3, -0.25) is 4.90 Å². The fourth-order valence-electron chi connectivity index (χ4n) is 3.92. The molecule has 27 heavy (non-hydrogen) atoms. The molecule has 2 bridgehead atoms. The van der Waals surface area contributed by atoms with Crippen molar-refractivity contribution in [3.05, 3.63) is 65.2 Å². The van der Waals surface area contributed by atoms with Crippen LogP contribution in [0.4, 0.5) is 5.69 Å². The van der Waals surface area contributed by atoms with Crippen LogP contribution in [0.3, 0.4) is 0 Å². The number of nitrogens with one attached hydrogen (secondary N) is 1. The van der Waals surface area contributed by atoms with Gasteiger partial charge in [0.15, 0.2) is 6.04 Å². The van der Waals surface area contributed by atoms with Gasteiger partial charge in [-0.25, -0.2) is 4.79 Å². The van der Waals surface area contributed by atoms with Gasteiger partial charge in [0.2, 0.25) is 0 Å². The van der Waals surface area contributed by atoms with Crippen molar-refractivity contribution in [2.24, 2.45) is 5.92 Å². The fraction of sp³-hybridized carbons (Fsp3) is 0.381. The predicted molar refractivity (Wildman–Crippen MR) is 116 cm³/mol. The first-order valence-electron chi connectivity index (χ1n) is 9.27. The summed E-state index contributed by atoms with van der Waals surface area (Å²) in [5.74, 6) is 0.240. The molecule has 0 amide bonds. The summed E-state index contributed by atoms with van der Waals surface area (Å²) in [6, 6.07) is 16.6. The first-order chi connectivity index (χ1) is 13.1. The van der Waals surface area contributed by atoms with Gasteiger partial charge < -0.3 is 10.1 Å². The van der Waals surface area contributed by atoms with Crippen LogP contribution in [-0.4, -0.2) is 34.1 Å². The Morgan fingerprint density at radius 3 is 2.41 bits per heavy atom. The fourth-order valence-corrected chi connectivity index (χ4v) is 5.34. The van der Waals surface area contributed by atoms with E-state index >= 15 is 0 Å². The smallest absolute Gasteiger partial charge is 0.333 e.